The van der Waals surface area contributed by atoms with Gasteiger partial charge >= 0.3 is 98.6 Å². The molecular weight excluding hydrogens is 273 g/mol. The molecule has 0 saturated carbocycles. The zero-order chi connectivity index (χ0) is 10.5. The van der Waals surface area contributed by atoms with Gasteiger partial charge in [-0.05, 0) is 0 Å². The van der Waals surface area contributed by atoms with Crippen LogP contribution in [0.2, 0.25) is 0 Å². The van der Waals surface area contributed by atoms with Crippen molar-refractivity contribution in [3.05, 3.63) is 38.8 Å². The summed E-state index contributed by atoms with van der Waals surface area (Å²) in [5.74, 6) is 0. The van der Waals surface area contributed by atoms with Crippen molar-refractivity contribution in [2.24, 2.45) is 5.16 Å². The van der Waals surface area contributed by atoms with Crippen molar-refractivity contribution < 1.29 is 4.84 Å². The second kappa shape index (κ2) is 5.31. The van der Waals surface area contributed by atoms with Gasteiger partial charge in [-0.3, -0.25) is 0 Å². The summed E-state index contributed by atoms with van der Waals surface area (Å²) in [6.07, 6.45) is 0. The van der Waals surface area contributed by atoms with Crippen molar-refractivity contribution in [1.82, 2.24) is 0 Å². The van der Waals surface area contributed by atoms with Crippen LogP contribution < -0.4 is 3.54 Å². The van der Waals surface area contributed by atoms with Crippen LogP contribution in [0, 0.1) is 0 Å². The van der Waals surface area contributed by atoms with E-state index < -0.39 is 0 Å². The van der Waals surface area contributed by atoms with Gasteiger partial charge in [-0.15, -0.1) is 0 Å². The fourth-order valence-corrected chi connectivity index (χ4v) is 4.35. The molecule has 0 aliphatic carbocycles. The Labute approximate surface area is 98.6 Å². The normalized spacial score (nSPS) is 11.7. The van der Waals surface area contributed by atoms with Crippen LogP contribution in [0.3, 0.4) is 0 Å². The Bertz CT molecular complexity index is 475. The quantitative estimate of drug-likeness (QED) is 0.626. The van der Waals surface area contributed by atoms with Gasteiger partial charge in [0.05, 0.1) is 0 Å². The molecule has 0 radical (unpaired) electrons. The maximum atomic E-state index is 5.05. The number of rotatable bonds is 3. The number of benzene rings is 1. The molecule has 15 heavy (non-hydrogen) atoms. The molecule has 0 amide bonds. The summed E-state index contributed by atoms with van der Waals surface area (Å²) in [6.45, 7) is 2.59. The van der Waals surface area contributed by atoms with Crippen LogP contribution in [-0.4, -0.2) is 21.1 Å². The summed E-state index contributed by atoms with van der Waals surface area (Å²) >= 11 is 2.06. The second-order valence-corrected chi connectivity index (χ2v) is 6.26. The van der Waals surface area contributed by atoms with Gasteiger partial charge in [-0.2, -0.15) is 0 Å². The Morgan fingerprint density at radius 1 is 1.33 bits per heavy atom. The molecule has 2 aromatic rings. The first kappa shape index (κ1) is 10.7. The van der Waals surface area contributed by atoms with E-state index in [9.17, 15) is 0 Å². The van der Waals surface area contributed by atoms with Gasteiger partial charge in [0.2, 0.25) is 0 Å². The molecule has 1 aromatic heterocycles. The van der Waals surface area contributed by atoms with Crippen molar-refractivity contribution in [3.8, 4) is 10.4 Å². The van der Waals surface area contributed by atoms with Gasteiger partial charge in [0.15, 0.2) is 0 Å². The Hall–Kier alpha value is -0.831. The van der Waals surface area contributed by atoms with E-state index in [1.54, 1.807) is 11.3 Å². The van der Waals surface area contributed by atoms with Crippen LogP contribution in [0.4, 0.5) is 0 Å². The Kier molecular flexibility index (Phi) is 3.78. The Morgan fingerprint density at radius 2 is 2.13 bits per heavy atom. The van der Waals surface area contributed by atoms with Crippen LogP contribution >= 0.6 is 11.3 Å². The molecule has 0 N–H and O–H groups in total. The monoisotopic (exact) mass is 285 g/mol. The van der Waals surface area contributed by atoms with Gasteiger partial charge in [-0.25, -0.2) is 0 Å². The van der Waals surface area contributed by atoms with Crippen molar-refractivity contribution in [2.45, 2.75) is 6.92 Å². The summed E-state index contributed by atoms with van der Waals surface area (Å²) in [5.41, 5.74) is 1.27. The topological polar surface area (TPSA) is 21.6 Å². The predicted octanol–water partition coefficient (Wildman–Crippen LogP) is 2.32. The van der Waals surface area contributed by atoms with E-state index >= 15 is 0 Å². The van der Waals surface area contributed by atoms with Gasteiger partial charge in [-0.1, -0.05) is 0 Å². The zero-order valence-electron chi connectivity index (χ0n) is 8.34. The molecule has 1 aromatic carbocycles. The molecular formula is C11H11NOSSe. The molecule has 0 bridgehead atoms. The van der Waals surface area contributed by atoms with Crippen LogP contribution in [-0.2, 0) is 4.84 Å². The van der Waals surface area contributed by atoms with E-state index in [1.807, 2.05) is 13.0 Å². The van der Waals surface area contributed by atoms with E-state index in [4.69, 9.17) is 4.84 Å². The summed E-state index contributed by atoms with van der Waals surface area (Å²) in [6, 6.07) is 10.4. The molecule has 0 aliphatic rings. The molecule has 2 rings (SSSR count). The third-order valence-corrected chi connectivity index (χ3v) is 5.30. The van der Waals surface area contributed by atoms with Crippen LogP contribution in [0.5, 0.6) is 0 Å². The van der Waals surface area contributed by atoms with Gasteiger partial charge in [0.25, 0.3) is 0 Å². The van der Waals surface area contributed by atoms with Crippen molar-refractivity contribution in [1.29, 1.82) is 0 Å². The molecule has 0 unspecified atom stereocenters. The SMILES string of the molecule is CCO/N=c1/sc(-c2ccccc2)c[se]1. The van der Waals surface area contributed by atoms with Crippen LogP contribution in [0.1, 0.15) is 6.92 Å². The molecule has 1 heterocycles. The summed E-state index contributed by atoms with van der Waals surface area (Å²) in [4.78, 5) is 8.61. The van der Waals surface area contributed by atoms with E-state index in [1.165, 1.54) is 10.4 Å². The minimum atomic E-state index is 0.338. The third-order valence-electron chi connectivity index (χ3n) is 1.79. The van der Waals surface area contributed by atoms with Gasteiger partial charge < -0.3 is 0 Å². The second-order valence-electron chi connectivity index (χ2n) is 2.84. The first-order chi connectivity index (χ1) is 7.40. The molecule has 0 fully saturated rings. The van der Waals surface area contributed by atoms with E-state index in [-0.39, 0.29) is 0 Å². The molecule has 0 spiro atoms. The first-order valence-electron chi connectivity index (χ1n) is 4.70. The fourth-order valence-electron chi connectivity index (χ4n) is 1.13. The standard InChI is InChI=1S/C11H11NOSSe/c1-2-13-12-11-14-10(8-15-11)9-6-4-3-5-7-9/h3-8H,2H2,1H3/b12-11-. The number of hydrogen-bond donors (Lipinski definition) is 0. The van der Waals surface area contributed by atoms with Crippen LogP contribution in [0.15, 0.2) is 40.4 Å². The molecule has 0 saturated heterocycles. The summed E-state index contributed by atoms with van der Waals surface area (Å²) < 4.78 is 1.10. The fraction of sp³-hybridized carbons (Fsp3) is 0.182. The van der Waals surface area contributed by atoms with Crippen molar-refractivity contribution in [2.75, 3.05) is 6.61 Å². The average Bonchev–Trinajstić information content (AvgIpc) is 2.76. The number of hydrogen-bond acceptors (Lipinski definition) is 3. The predicted molar refractivity (Wildman–Crippen MR) is 63.9 cm³/mol. The van der Waals surface area contributed by atoms with E-state index in [2.05, 4.69) is 34.4 Å². The average molecular weight is 284 g/mol. The van der Waals surface area contributed by atoms with Gasteiger partial charge in [0.1, 0.15) is 0 Å². The molecule has 4 heteroatoms. The molecule has 78 valence electrons. The summed E-state index contributed by atoms with van der Waals surface area (Å²) in [7, 11) is 0. The Balaban J connectivity index is 2.28. The van der Waals surface area contributed by atoms with E-state index in [0.717, 1.165) is 3.54 Å². The van der Waals surface area contributed by atoms with E-state index in [0.29, 0.717) is 21.1 Å². The Morgan fingerprint density at radius 3 is 2.87 bits per heavy atom. The molecule has 2 nitrogen and oxygen atoms in total. The number of nitrogens with zero attached hydrogens (tertiary/aromatic N) is 1. The third kappa shape index (κ3) is 2.81. The first-order valence-corrected chi connectivity index (χ1v) is 7.36. The zero-order valence-corrected chi connectivity index (χ0v) is 10.9. The maximum absolute atomic E-state index is 5.05. The van der Waals surface area contributed by atoms with Gasteiger partial charge in [0, 0.05) is 0 Å². The van der Waals surface area contributed by atoms with Crippen molar-refractivity contribution >= 4 is 25.8 Å². The summed E-state index contributed by atoms with van der Waals surface area (Å²) in [5, 5.41) is 4.07. The molecule has 0 aliphatic heterocycles. The minimum absolute atomic E-state index is 0.338. The molecule has 0 atom stereocenters. The van der Waals surface area contributed by atoms with Crippen molar-refractivity contribution in [3.63, 3.8) is 0 Å². The van der Waals surface area contributed by atoms with Crippen LogP contribution in [0.25, 0.3) is 10.4 Å².